The molecule has 0 radical (unpaired) electrons. The van der Waals surface area contributed by atoms with Gasteiger partial charge in [0.1, 0.15) is 22.8 Å². The monoisotopic (exact) mass is 524 g/mol. The highest BCUT2D eigenvalue weighted by atomic mass is 79.9. The molecular weight excluding hydrogens is 507 g/mol. The number of carbonyl (C=O) groups is 4. The second-order valence-corrected chi connectivity index (χ2v) is 8.77. The number of hydrogen-bond acceptors (Lipinski definition) is 8. The molecule has 3 aliphatic carbocycles. The summed E-state index contributed by atoms with van der Waals surface area (Å²) in [5.41, 5.74) is 0.432. The summed E-state index contributed by atoms with van der Waals surface area (Å²) in [6.07, 6.45) is -0.544. The number of phenolic OH excluding ortho intramolecular Hbond substituents is 1. The molecule has 2 amide bonds. The number of fused-ring (bicyclic) bond motifs is 3. The molecule has 4 rings (SSSR count). The van der Waals surface area contributed by atoms with Gasteiger partial charge < -0.3 is 31.5 Å². The predicted molar refractivity (Wildman–Crippen MR) is 114 cm³/mol. The number of Topliss-reactive ketones (excluding diaryl/α,β-unsaturated/α-hetero) is 2. The van der Waals surface area contributed by atoms with Crippen LogP contribution in [0.25, 0.3) is 5.76 Å². The quantitative estimate of drug-likeness (QED) is 0.191. The van der Waals surface area contributed by atoms with Gasteiger partial charge in [-0.05, 0) is 30.4 Å². The van der Waals surface area contributed by atoms with E-state index in [1.54, 1.807) is 0 Å². The standard InChI is InChI=1S/C21H18BrFN2O8/c22-5-11(27)25-15-9(23)3-7-1-6-2-8-4-10(26)14(20(24)32)19(31)21(8,33)18(30)13(6)16(28)12(7)17(15)29/h3,6,8,28-29,31,33H,1-2,4-5H2,(H2,24,32)(H,25,27). The van der Waals surface area contributed by atoms with E-state index < -0.39 is 81.6 Å². The Hall–Kier alpha value is -3.25. The first kappa shape index (κ1) is 22.9. The van der Waals surface area contributed by atoms with Gasteiger partial charge in [-0.15, -0.1) is 0 Å². The topological polar surface area (TPSA) is 187 Å². The van der Waals surface area contributed by atoms with Gasteiger partial charge in [0.15, 0.2) is 23.0 Å². The number of carbonyl (C=O) groups excluding carboxylic acids is 4. The lowest BCUT2D eigenvalue weighted by molar-refractivity contribution is -0.147. The zero-order chi connectivity index (χ0) is 24.4. The molecule has 3 aliphatic rings. The van der Waals surface area contributed by atoms with E-state index in [0.29, 0.717) is 0 Å². The molecule has 0 bridgehead atoms. The number of rotatable bonds is 3. The van der Waals surface area contributed by atoms with Crippen molar-refractivity contribution in [2.45, 2.75) is 24.9 Å². The van der Waals surface area contributed by atoms with Gasteiger partial charge in [-0.3, -0.25) is 19.2 Å². The highest BCUT2D eigenvalue weighted by molar-refractivity contribution is 9.09. The summed E-state index contributed by atoms with van der Waals surface area (Å²) in [5.74, 6) is -9.60. The van der Waals surface area contributed by atoms with Crippen LogP contribution < -0.4 is 11.1 Å². The van der Waals surface area contributed by atoms with E-state index in [-0.39, 0.29) is 34.9 Å². The first-order valence-corrected chi connectivity index (χ1v) is 10.9. The second kappa shape index (κ2) is 7.66. The summed E-state index contributed by atoms with van der Waals surface area (Å²) < 4.78 is 14.6. The van der Waals surface area contributed by atoms with Crippen molar-refractivity contribution in [1.29, 1.82) is 0 Å². The molecule has 0 aromatic heterocycles. The minimum atomic E-state index is -2.68. The number of aliphatic hydroxyl groups is 3. The summed E-state index contributed by atoms with van der Waals surface area (Å²) in [4.78, 5) is 48.9. The van der Waals surface area contributed by atoms with Gasteiger partial charge in [-0.25, -0.2) is 4.39 Å². The first-order valence-electron chi connectivity index (χ1n) is 9.80. The number of hydrogen-bond donors (Lipinski definition) is 6. The Bertz CT molecular complexity index is 1220. The van der Waals surface area contributed by atoms with E-state index in [1.807, 2.05) is 0 Å². The molecule has 0 spiro atoms. The molecule has 33 heavy (non-hydrogen) atoms. The van der Waals surface area contributed by atoms with E-state index >= 15 is 0 Å². The highest BCUT2D eigenvalue weighted by Crippen LogP contribution is 2.52. The lowest BCUT2D eigenvalue weighted by Gasteiger charge is -2.46. The molecule has 1 aromatic carbocycles. The molecule has 0 aliphatic heterocycles. The van der Waals surface area contributed by atoms with E-state index in [0.717, 1.165) is 6.07 Å². The van der Waals surface area contributed by atoms with E-state index in [2.05, 4.69) is 21.2 Å². The molecule has 0 heterocycles. The Morgan fingerprint density at radius 2 is 1.91 bits per heavy atom. The maximum Gasteiger partial charge on any atom is 0.255 e. The smallest absolute Gasteiger partial charge is 0.255 e. The Balaban J connectivity index is 1.90. The number of aliphatic hydroxyl groups excluding tert-OH is 2. The number of anilines is 1. The largest absolute Gasteiger partial charge is 0.508 e. The Kier molecular flexibility index (Phi) is 5.32. The van der Waals surface area contributed by atoms with Crippen LogP contribution in [-0.4, -0.2) is 54.7 Å². The SMILES string of the molecule is NC(=O)C1=C(O)C2(O)C(=O)C3=C(O)c4c(cc(F)c(NC(=O)CBr)c4O)CC3CC2CC1=O. The average molecular weight is 525 g/mol. The van der Waals surface area contributed by atoms with Gasteiger partial charge >= 0.3 is 0 Å². The van der Waals surface area contributed by atoms with E-state index in [4.69, 9.17) is 5.73 Å². The van der Waals surface area contributed by atoms with Crippen LogP contribution >= 0.6 is 15.9 Å². The van der Waals surface area contributed by atoms with Crippen LogP contribution in [0.4, 0.5) is 10.1 Å². The number of primary amides is 1. The Labute approximate surface area is 193 Å². The maximum absolute atomic E-state index is 14.6. The van der Waals surface area contributed by atoms with Gasteiger partial charge in [-0.1, -0.05) is 15.9 Å². The molecule has 12 heteroatoms. The fourth-order valence-electron chi connectivity index (χ4n) is 4.93. The molecule has 3 unspecified atom stereocenters. The summed E-state index contributed by atoms with van der Waals surface area (Å²) in [6.45, 7) is 0. The molecular formula is C21H18BrFN2O8. The number of aromatic hydroxyl groups is 1. The minimum Gasteiger partial charge on any atom is -0.508 e. The summed E-state index contributed by atoms with van der Waals surface area (Å²) in [6, 6.07) is 1.01. The number of alkyl halides is 1. The zero-order valence-corrected chi connectivity index (χ0v) is 18.4. The van der Waals surface area contributed by atoms with E-state index in [1.165, 1.54) is 0 Å². The lowest BCUT2D eigenvalue weighted by atomic mass is 9.59. The van der Waals surface area contributed by atoms with Crippen LogP contribution in [0, 0.1) is 17.7 Å². The fourth-order valence-corrected chi connectivity index (χ4v) is 5.07. The molecule has 3 atom stereocenters. The van der Waals surface area contributed by atoms with Gasteiger partial charge in [0.25, 0.3) is 5.91 Å². The van der Waals surface area contributed by atoms with Crippen LogP contribution in [-0.2, 0) is 25.6 Å². The highest BCUT2D eigenvalue weighted by Gasteiger charge is 2.60. The molecule has 7 N–H and O–H groups in total. The van der Waals surface area contributed by atoms with Gasteiger partial charge in [0.2, 0.25) is 11.7 Å². The van der Waals surface area contributed by atoms with Crippen LogP contribution in [0.3, 0.4) is 0 Å². The van der Waals surface area contributed by atoms with Crippen molar-refractivity contribution in [2.24, 2.45) is 17.6 Å². The van der Waals surface area contributed by atoms with Gasteiger partial charge in [0.05, 0.1) is 10.9 Å². The van der Waals surface area contributed by atoms with Crippen molar-refractivity contribution >= 4 is 50.8 Å². The predicted octanol–water partition coefficient (Wildman–Crippen LogP) is 0.896. The van der Waals surface area contributed by atoms with Crippen molar-refractivity contribution < 1.29 is 44.0 Å². The molecule has 1 fully saturated rings. The summed E-state index contributed by atoms with van der Waals surface area (Å²) in [5, 5.41) is 45.1. The number of nitrogens with two attached hydrogens (primary N) is 1. The third-order valence-corrected chi connectivity index (χ3v) is 6.90. The van der Waals surface area contributed by atoms with Crippen molar-refractivity contribution in [3.05, 3.63) is 39.9 Å². The summed E-state index contributed by atoms with van der Waals surface area (Å²) >= 11 is 2.89. The third kappa shape index (κ3) is 3.16. The van der Waals surface area contributed by atoms with Crippen LogP contribution in [0.15, 0.2) is 23.0 Å². The average Bonchev–Trinajstić information content (AvgIpc) is 2.73. The van der Waals surface area contributed by atoms with Crippen molar-refractivity contribution in [2.75, 3.05) is 10.6 Å². The maximum atomic E-state index is 14.6. The van der Waals surface area contributed by atoms with Crippen LogP contribution in [0.2, 0.25) is 0 Å². The minimum absolute atomic E-state index is 0.0362. The third-order valence-electron chi connectivity index (χ3n) is 6.39. The first-order chi connectivity index (χ1) is 15.4. The van der Waals surface area contributed by atoms with Crippen molar-refractivity contribution in [3.8, 4) is 5.75 Å². The normalized spacial score (nSPS) is 26.5. The van der Waals surface area contributed by atoms with Crippen LogP contribution in [0.1, 0.15) is 24.0 Å². The molecule has 1 saturated carbocycles. The molecule has 10 nitrogen and oxygen atoms in total. The Morgan fingerprint density at radius 3 is 2.52 bits per heavy atom. The Morgan fingerprint density at radius 1 is 1.24 bits per heavy atom. The number of halogens is 2. The molecule has 0 saturated heterocycles. The lowest BCUT2D eigenvalue weighted by Crippen LogP contribution is -2.58. The van der Waals surface area contributed by atoms with Crippen molar-refractivity contribution in [3.63, 3.8) is 0 Å². The number of phenols is 1. The van der Waals surface area contributed by atoms with Crippen LogP contribution in [0.5, 0.6) is 5.75 Å². The second-order valence-electron chi connectivity index (χ2n) is 8.20. The number of nitrogens with one attached hydrogen (secondary N) is 1. The van der Waals surface area contributed by atoms with Gasteiger partial charge in [-0.2, -0.15) is 0 Å². The van der Waals surface area contributed by atoms with Crippen molar-refractivity contribution in [1.82, 2.24) is 0 Å². The fraction of sp³-hybridized carbons (Fsp3) is 0.333. The summed E-state index contributed by atoms with van der Waals surface area (Å²) in [7, 11) is 0. The number of amides is 2. The molecule has 174 valence electrons. The number of ketones is 2. The zero-order valence-electron chi connectivity index (χ0n) is 16.8. The van der Waals surface area contributed by atoms with Gasteiger partial charge in [0, 0.05) is 17.9 Å². The molecule has 1 aromatic rings. The van der Waals surface area contributed by atoms with E-state index in [9.17, 15) is 44.0 Å². The number of benzene rings is 1.